The standard InChI is InChI=1S/C22H24F3N5O2/c1-14(2)15-5-7-16(8-6-15)20-29-19(32-30-20)10-9-18(31)26-12-13-28-21-17(22(23,24)25)4-3-11-27-21/h3-8,11,14H,9-10,12-13H2,1-2H3,(H,26,31)(H,27,28). The van der Waals surface area contributed by atoms with Gasteiger partial charge in [0, 0.05) is 37.7 Å². The van der Waals surface area contributed by atoms with Crippen molar-refractivity contribution in [3.8, 4) is 11.4 Å². The molecule has 0 spiro atoms. The van der Waals surface area contributed by atoms with E-state index < -0.39 is 11.7 Å². The molecule has 0 atom stereocenters. The number of anilines is 1. The Labute approximate surface area is 183 Å². The van der Waals surface area contributed by atoms with E-state index in [2.05, 4.69) is 39.6 Å². The Balaban J connectivity index is 1.42. The summed E-state index contributed by atoms with van der Waals surface area (Å²) in [6.45, 7) is 4.47. The van der Waals surface area contributed by atoms with Gasteiger partial charge in [-0.3, -0.25) is 4.79 Å². The lowest BCUT2D eigenvalue weighted by atomic mass is 10.0. The monoisotopic (exact) mass is 447 g/mol. The number of hydrogen-bond acceptors (Lipinski definition) is 6. The molecule has 7 nitrogen and oxygen atoms in total. The molecule has 32 heavy (non-hydrogen) atoms. The summed E-state index contributed by atoms with van der Waals surface area (Å²) in [5.74, 6) is 0.675. The summed E-state index contributed by atoms with van der Waals surface area (Å²) in [4.78, 5) is 20.0. The number of alkyl halides is 3. The summed E-state index contributed by atoms with van der Waals surface area (Å²) in [5.41, 5.74) is 1.19. The zero-order valence-corrected chi connectivity index (χ0v) is 17.7. The number of nitrogens with zero attached hydrogens (tertiary/aromatic N) is 3. The van der Waals surface area contributed by atoms with Gasteiger partial charge in [0.25, 0.3) is 0 Å². The SMILES string of the molecule is CC(C)c1ccc(-c2noc(CCC(=O)NCCNc3ncccc3C(F)(F)F)n2)cc1. The summed E-state index contributed by atoms with van der Waals surface area (Å²) in [6, 6.07) is 10.1. The molecule has 0 aliphatic rings. The van der Waals surface area contributed by atoms with E-state index in [1.54, 1.807) is 0 Å². The van der Waals surface area contributed by atoms with E-state index >= 15 is 0 Å². The Hall–Kier alpha value is -3.43. The summed E-state index contributed by atoms with van der Waals surface area (Å²) in [6.07, 6.45) is -2.85. The van der Waals surface area contributed by atoms with Crippen LogP contribution in [-0.2, 0) is 17.4 Å². The lowest BCUT2D eigenvalue weighted by Crippen LogP contribution is -2.29. The predicted molar refractivity (Wildman–Crippen MR) is 113 cm³/mol. The second kappa shape index (κ2) is 10.3. The minimum absolute atomic E-state index is 0.100. The molecule has 10 heteroatoms. The molecule has 1 amide bonds. The van der Waals surface area contributed by atoms with E-state index in [1.165, 1.54) is 17.8 Å². The quantitative estimate of drug-likeness (QED) is 0.472. The second-order valence-electron chi connectivity index (χ2n) is 7.46. The molecule has 0 saturated carbocycles. The number of hydrogen-bond donors (Lipinski definition) is 2. The first-order valence-electron chi connectivity index (χ1n) is 10.2. The molecule has 0 saturated heterocycles. The van der Waals surface area contributed by atoms with E-state index in [1.807, 2.05) is 24.3 Å². The Morgan fingerprint density at radius 1 is 1.12 bits per heavy atom. The molecule has 0 bridgehead atoms. The van der Waals surface area contributed by atoms with Crippen molar-refractivity contribution in [1.82, 2.24) is 20.4 Å². The maximum atomic E-state index is 12.9. The molecule has 3 rings (SSSR count). The van der Waals surface area contributed by atoms with Gasteiger partial charge < -0.3 is 15.2 Å². The fourth-order valence-electron chi connectivity index (χ4n) is 2.96. The Bertz CT molecular complexity index is 1030. The number of halogens is 3. The van der Waals surface area contributed by atoms with Crippen LogP contribution in [0.1, 0.15) is 43.2 Å². The van der Waals surface area contributed by atoms with Crippen LogP contribution in [0.2, 0.25) is 0 Å². The summed E-state index contributed by atoms with van der Waals surface area (Å²) < 4.78 is 44.0. The zero-order chi connectivity index (χ0) is 23.1. The average Bonchev–Trinajstić information content (AvgIpc) is 3.24. The normalized spacial score (nSPS) is 11.6. The summed E-state index contributed by atoms with van der Waals surface area (Å²) >= 11 is 0. The van der Waals surface area contributed by atoms with Gasteiger partial charge >= 0.3 is 6.18 Å². The number of aryl methyl sites for hydroxylation is 1. The van der Waals surface area contributed by atoms with Crippen molar-refractivity contribution in [2.75, 3.05) is 18.4 Å². The van der Waals surface area contributed by atoms with Crippen molar-refractivity contribution < 1.29 is 22.5 Å². The van der Waals surface area contributed by atoms with Crippen molar-refractivity contribution in [2.45, 2.75) is 38.8 Å². The molecule has 2 N–H and O–H groups in total. The van der Waals surface area contributed by atoms with Gasteiger partial charge in [-0.2, -0.15) is 18.2 Å². The highest BCUT2D eigenvalue weighted by atomic mass is 19.4. The number of rotatable bonds is 9. The first-order valence-corrected chi connectivity index (χ1v) is 10.2. The maximum absolute atomic E-state index is 12.9. The molecule has 0 aliphatic heterocycles. The van der Waals surface area contributed by atoms with E-state index in [-0.39, 0.29) is 37.7 Å². The predicted octanol–water partition coefficient (Wildman–Crippen LogP) is 4.43. The molecule has 2 aromatic heterocycles. The molecule has 3 aromatic rings. The van der Waals surface area contributed by atoms with Gasteiger partial charge in [0.1, 0.15) is 5.82 Å². The Morgan fingerprint density at radius 2 is 1.88 bits per heavy atom. The first-order chi connectivity index (χ1) is 15.2. The highest BCUT2D eigenvalue weighted by molar-refractivity contribution is 5.76. The molecule has 0 fully saturated rings. The van der Waals surface area contributed by atoms with E-state index in [9.17, 15) is 18.0 Å². The van der Waals surface area contributed by atoms with Crippen molar-refractivity contribution in [2.24, 2.45) is 0 Å². The third-order valence-electron chi connectivity index (χ3n) is 4.72. The number of pyridine rings is 1. The fourth-order valence-corrected chi connectivity index (χ4v) is 2.96. The second-order valence-corrected chi connectivity index (χ2v) is 7.46. The van der Waals surface area contributed by atoms with Crippen LogP contribution in [0.3, 0.4) is 0 Å². The van der Waals surface area contributed by atoms with Gasteiger partial charge in [-0.1, -0.05) is 43.3 Å². The van der Waals surface area contributed by atoms with Gasteiger partial charge in [-0.15, -0.1) is 0 Å². The average molecular weight is 447 g/mol. The van der Waals surface area contributed by atoms with Crippen LogP contribution in [0.4, 0.5) is 19.0 Å². The van der Waals surface area contributed by atoms with Crippen molar-refractivity contribution in [1.29, 1.82) is 0 Å². The first kappa shape index (κ1) is 23.2. The summed E-state index contributed by atoms with van der Waals surface area (Å²) in [7, 11) is 0. The molecule has 1 aromatic carbocycles. The Morgan fingerprint density at radius 3 is 2.56 bits per heavy atom. The van der Waals surface area contributed by atoms with Crippen LogP contribution in [0.15, 0.2) is 47.1 Å². The number of benzene rings is 1. The van der Waals surface area contributed by atoms with Gasteiger partial charge in [-0.25, -0.2) is 4.98 Å². The third-order valence-corrected chi connectivity index (χ3v) is 4.72. The molecule has 0 radical (unpaired) electrons. The van der Waals surface area contributed by atoms with Gasteiger partial charge in [0.2, 0.25) is 17.6 Å². The van der Waals surface area contributed by atoms with E-state index in [0.29, 0.717) is 17.6 Å². The van der Waals surface area contributed by atoms with E-state index in [0.717, 1.165) is 11.6 Å². The minimum atomic E-state index is -4.50. The van der Waals surface area contributed by atoms with Crippen LogP contribution < -0.4 is 10.6 Å². The van der Waals surface area contributed by atoms with Crippen LogP contribution >= 0.6 is 0 Å². The lowest BCUT2D eigenvalue weighted by molar-refractivity contribution is -0.137. The minimum Gasteiger partial charge on any atom is -0.368 e. The molecule has 170 valence electrons. The lowest BCUT2D eigenvalue weighted by Gasteiger charge is -2.13. The summed E-state index contributed by atoms with van der Waals surface area (Å²) in [5, 5.41) is 9.18. The largest absolute Gasteiger partial charge is 0.419 e. The molecular weight excluding hydrogens is 423 g/mol. The van der Waals surface area contributed by atoms with Crippen molar-refractivity contribution >= 4 is 11.7 Å². The number of amides is 1. The number of carbonyl (C=O) groups is 1. The van der Waals surface area contributed by atoms with Crippen LogP contribution in [-0.4, -0.2) is 34.1 Å². The van der Waals surface area contributed by atoms with Gasteiger partial charge in [-0.05, 0) is 23.6 Å². The molecule has 0 unspecified atom stereocenters. The smallest absolute Gasteiger partial charge is 0.368 e. The number of aromatic nitrogens is 3. The highest BCUT2D eigenvalue weighted by Crippen LogP contribution is 2.33. The number of nitrogens with one attached hydrogen (secondary N) is 2. The maximum Gasteiger partial charge on any atom is 0.419 e. The zero-order valence-electron chi connectivity index (χ0n) is 17.7. The molecule has 2 heterocycles. The topological polar surface area (TPSA) is 92.9 Å². The third kappa shape index (κ3) is 6.29. The van der Waals surface area contributed by atoms with Crippen molar-refractivity contribution in [3.05, 3.63) is 59.6 Å². The van der Waals surface area contributed by atoms with Gasteiger partial charge in [0.05, 0.1) is 5.56 Å². The van der Waals surface area contributed by atoms with Crippen LogP contribution in [0.5, 0.6) is 0 Å². The fraction of sp³-hybridized carbons (Fsp3) is 0.364. The van der Waals surface area contributed by atoms with Crippen LogP contribution in [0, 0.1) is 0 Å². The Kier molecular flexibility index (Phi) is 7.45. The van der Waals surface area contributed by atoms with Crippen molar-refractivity contribution in [3.63, 3.8) is 0 Å². The molecule has 0 aliphatic carbocycles. The van der Waals surface area contributed by atoms with Gasteiger partial charge in [0.15, 0.2) is 0 Å². The number of carbonyl (C=O) groups excluding carboxylic acids is 1. The van der Waals surface area contributed by atoms with Crippen LogP contribution in [0.25, 0.3) is 11.4 Å². The molecular formula is C22H24F3N5O2. The highest BCUT2D eigenvalue weighted by Gasteiger charge is 2.33. The van der Waals surface area contributed by atoms with E-state index in [4.69, 9.17) is 4.52 Å².